The Hall–Kier alpha value is -1.69. The molecule has 1 aromatic carbocycles. The molecule has 1 aliphatic heterocycles. The maximum absolute atomic E-state index is 13.2. The third-order valence-corrected chi connectivity index (χ3v) is 5.89. The molecule has 6 heteroatoms. The first-order valence-electron chi connectivity index (χ1n) is 6.48. The lowest BCUT2D eigenvalue weighted by Crippen LogP contribution is -2.45. The Morgan fingerprint density at radius 1 is 1.35 bits per heavy atom. The van der Waals surface area contributed by atoms with E-state index in [1.807, 2.05) is 11.0 Å². The molecule has 1 unspecified atom stereocenters. The number of aromatic nitrogens is 1. The Balaban J connectivity index is 2.03. The monoisotopic (exact) mass is 294 g/mol. The molecule has 1 saturated heterocycles. The third kappa shape index (κ3) is 2.24. The minimum absolute atomic E-state index is 0.152. The van der Waals surface area contributed by atoms with Gasteiger partial charge in [0.1, 0.15) is 5.82 Å². The van der Waals surface area contributed by atoms with Gasteiger partial charge in [-0.15, -0.1) is 0 Å². The SMILES string of the molecule is CC1CN(c2ccnc3cc(F)ccc23)CCS1(=O)=O. The van der Waals surface area contributed by atoms with Gasteiger partial charge < -0.3 is 4.90 Å². The topological polar surface area (TPSA) is 50.3 Å². The molecule has 106 valence electrons. The van der Waals surface area contributed by atoms with Crippen molar-refractivity contribution < 1.29 is 12.8 Å². The van der Waals surface area contributed by atoms with E-state index in [1.54, 1.807) is 19.2 Å². The van der Waals surface area contributed by atoms with Crippen molar-refractivity contribution in [2.24, 2.45) is 0 Å². The third-order valence-electron chi connectivity index (χ3n) is 3.76. The van der Waals surface area contributed by atoms with Crippen molar-refractivity contribution in [2.75, 3.05) is 23.7 Å². The van der Waals surface area contributed by atoms with Crippen LogP contribution in [0.1, 0.15) is 6.92 Å². The molecule has 0 N–H and O–H groups in total. The zero-order valence-corrected chi connectivity index (χ0v) is 11.9. The lowest BCUT2D eigenvalue weighted by molar-refractivity contribution is 0.569. The molecule has 4 nitrogen and oxygen atoms in total. The predicted molar refractivity (Wildman–Crippen MR) is 77.2 cm³/mol. The highest BCUT2D eigenvalue weighted by molar-refractivity contribution is 7.92. The van der Waals surface area contributed by atoms with Gasteiger partial charge in [0.15, 0.2) is 9.84 Å². The molecular weight excluding hydrogens is 279 g/mol. The second-order valence-corrected chi connectivity index (χ2v) is 7.65. The Morgan fingerprint density at radius 3 is 2.90 bits per heavy atom. The van der Waals surface area contributed by atoms with E-state index in [1.165, 1.54) is 12.1 Å². The van der Waals surface area contributed by atoms with Crippen LogP contribution in [-0.2, 0) is 9.84 Å². The fourth-order valence-electron chi connectivity index (χ4n) is 2.55. The predicted octanol–water partition coefficient (Wildman–Crippen LogP) is 2.00. The first-order valence-corrected chi connectivity index (χ1v) is 8.20. The van der Waals surface area contributed by atoms with Crippen LogP contribution in [0.3, 0.4) is 0 Å². The summed E-state index contributed by atoms with van der Waals surface area (Å²) in [7, 11) is -2.98. The van der Waals surface area contributed by atoms with Gasteiger partial charge in [-0.25, -0.2) is 12.8 Å². The Labute approximate surface area is 117 Å². The molecule has 0 amide bonds. The summed E-state index contributed by atoms with van der Waals surface area (Å²) in [5, 5.41) is 0.459. The average Bonchev–Trinajstić information content (AvgIpc) is 2.41. The molecule has 1 aliphatic rings. The molecular formula is C14H15FN2O2S. The van der Waals surface area contributed by atoms with Gasteiger partial charge in [0.05, 0.1) is 16.5 Å². The van der Waals surface area contributed by atoms with Crippen molar-refractivity contribution >= 4 is 26.4 Å². The molecule has 0 aliphatic carbocycles. The van der Waals surface area contributed by atoms with E-state index < -0.39 is 9.84 Å². The first-order chi connectivity index (χ1) is 9.47. The second-order valence-electron chi connectivity index (χ2n) is 5.12. The van der Waals surface area contributed by atoms with Crippen molar-refractivity contribution in [3.8, 4) is 0 Å². The average molecular weight is 294 g/mol. The summed E-state index contributed by atoms with van der Waals surface area (Å²) in [6.07, 6.45) is 1.63. The number of hydrogen-bond donors (Lipinski definition) is 0. The van der Waals surface area contributed by atoms with E-state index >= 15 is 0 Å². The van der Waals surface area contributed by atoms with Crippen molar-refractivity contribution in [1.82, 2.24) is 4.98 Å². The standard InChI is InChI=1S/C14H15FN2O2S/c1-10-9-17(6-7-20(10,18)19)14-4-5-16-13-8-11(15)2-3-12(13)14/h2-5,8,10H,6-7,9H2,1H3. The Bertz CT molecular complexity index is 761. The van der Waals surface area contributed by atoms with Crippen molar-refractivity contribution in [3.63, 3.8) is 0 Å². The first kappa shape index (κ1) is 13.3. The molecule has 2 aromatic rings. The minimum Gasteiger partial charge on any atom is -0.369 e. The molecule has 0 bridgehead atoms. The summed E-state index contributed by atoms with van der Waals surface area (Å²) in [6.45, 7) is 2.65. The van der Waals surface area contributed by atoms with Gasteiger partial charge in [-0.05, 0) is 25.1 Å². The summed E-state index contributed by atoms with van der Waals surface area (Å²) in [5.41, 5.74) is 1.50. The zero-order valence-electron chi connectivity index (χ0n) is 11.1. The Morgan fingerprint density at radius 2 is 2.15 bits per heavy atom. The number of sulfone groups is 1. The molecule has 3 rings (SSSR count). The van der Waals surface area contributed by atoms with Gasteiger partial charge in [-0.3, -0.25) is 4.98 Å². The maximum atomic E-state index is 13.2. The van der Waals surface area contributed by atoms with Crippen LogP contribution in [0.25, 0.3) is 10.9 Å². The largest absolute Gasteiger partial charge is 0.369 e. The highest BCUT2D eigenvalue weighted by Crippen LogP contribution is 2.28. The lowest BCUT2D eigenvalue weighted by atomic mass is 10.1. The molecule has 0 saturated carbocycles. The van der Waals surface area contributed by atoms with Crippen molar-refractivity contribution in [2.45, 2.75) is 12.2 Å². The van der Waals surface area contributed by atoms with Gasteiger partial charge >= 0.3 is 0 Å². The number of anilines is 1. The van der Waals surface area contributed by atoms with Crippen LogP contribution in [0, 0.1) is 5.82 Å². The number of rotatable bonds is 1. The molecule has 2 heterocycles. The zero-order chi connectivity index (χ0) is 14.3. The van der Waals surface area contributed by atoms with Crippen molar-refractivity contribution in [3.05, 3.63) is 36.3 Å². The smallest absolute Gasteiger partial charge is 0.156 e. The molecule has 20 heavy (non-hydrogen) atoms. The number of nitrogens with zero attached hydrogens (tertiary/aromatic N) is 2. The van der Waals surface area contributed by atoms with Gasteiger partial charge in [0.25, 0.3) is 0 Å². The number of fused-ring (bicyclic) bond motifs is 1. The quantitative estimate of drug-likeness (QED) is 0.807. The maximum Gasteiger partial charge on any atom is 0.156 e. The van der Waals surface area contributed by atoms with E-state index in [-0.39, 0.29) is 16.8 Å². The fourth-order valence-corrected chi connectivity index (χ4v) is 3.84. The van der Waals surface area contributed by atoms with Crippen LogP contribution in [-0.4, -0.2) is 37.5 Å². The van der Waals surface area contributed by atoms with Crippen molar-refractivity contribution in [1.29, 1.82) is 0 Å². The molecule has 1 fully saturated rings. The number of hydrogen-bond acceptors (Lipinski definition) is 4. The van der Waals surface area contributed by atoms with Crippen LogP contribution >= 0.6 is 0 Å². The lowest BCUT2D eigenvalue weighted by Gasteiger charge is -2.33. The number of pyridine rings is 1. The van der Waals surface area contributed by atoms with Gasteiger partial charge in [-0.1, -0.05) is 0 Å². The summed E-state index contributed by atoms with van der Waals surface area (Å²) >= 11 is 0. The molecule has 1 aromatic heterocycles. The minimum atomic E-state index is -2.98. The summed E-state index contributed by atoms with van der Waals surface area (Å²) < 4.78 is 36.8. The molecule has 1 atom stereocenters. The van der Waals surface area contributed by atoms with Crippen LogP contribution in [0.2, 0.25) is 0 Å². The van der Waals surface area contributed by atoms with E-state index in [9.17, 15) is 12.8 Å². The molecule has 0 spiro atoms. The highest BCUT2D eigenvalue weighted by atomic mass is 32.2. The van der Waals surface area contributed by atoms with Crippen LogP contribution in [0.5, 0.6) is 0 Å². The van der Waals surface area contributed by atoms with Crippen LogP contribution in [0.15, 0.2) is 30.5 Å². The normalized spacial score (nSPS) is 22.1. The Kier molecular flexibility index (Phi) is 3.12. The van der Waals surface area contributed by atoms with E-state index in [4.69, 9.17) is 0 Å². The highest BCUT2D eigenvalue weighted by Gasteiger charge is 2.30. The van der Waals surface area contributed by atoms with Gasteiger partial charge in [-0.2, -0.15) is 0 Å². The number of halogens is 1. The number of benzene rings is 1. The summed E-state index contributed by atoms with van der Waals surface area (Å²) in [4.78, 5) is 6.20. The van der Waals surface area contributed by atoms with Gasteiger partial charge in [0, 0.05) is 36.4 Å². The van der Waals surface area contributed by atoms with E-state index in [0.29, 0.717) is 18.6 Å². The van der Waals surface area contributed by atoms with Gasteiger partial charge in [0.2, 0.25) is 0 Å². The van der Waals surface area contributed by atoms with E-state index in [0.717, 1.165) is 11.1 Å². The summed E-state index contributed by atoms with van der Waals surface area (Å²) in [5.74, 6) is -0.171. The van der Waals surface area contributed by atoms with Crippen LogP contribution in [0.4, 0.5) is 10.1 Å². The second kappa shape index (κ2) is 4.70. The van der Waals surface area contributed by atoms with Crippen LogP contribution < -0.4 is 4.90 Å². The fraction of sp³-hybridized carbons (Fsp3) is 0.357. The molecule has 0 radical (unpaired) electrons. The summed E-state index contributed by atoms with van der Waals surface area (Å²) in [6, 6.07) is 6.34. The van der Waals surface area contributed by atoms with E-state index in [2.05, 4.69) is 4.98 Å².